The molecule has 1 saturated carbocycles. The van der Waals surface area contributed by atoms with Crippen LogP contribution in [0.4, 0.5) is 0 Å². The fourth-order valence-corrected chi connectivity index (χ4v) is 4.95. The first-order valence-corrected chi connectivity index (χ1v) is 10.4. The lowest BCUT2D eigenvalue weighted by Crippen LogP contribution is -2.63. The van der Waals surface area contributed by atoms with Crippen LogP contribution in [0.2, 0.25) is 0 Å². The van der Waals surface area contributed by atoms with Crippen LogP contribution < -0.4 is 0 Å². The number of nitrogens with zero attached hydrogens (tertiary/aromatic N) is 3. The Hall–Kier alpha value is -2.36. The average Bonchev–Trinajstić information content (AvgIpc) is 2.98. The summed E-state index contributed by atoms with van der Waals surface area (Å²) in [6, 6.07) is 2.26. The maximum atomic E-state index is 12.5. The highest BCUT2D eigenvalue weighted by Gasteiger charge is 2.54. The highest BCUT2D eigenvalue weighted by Crippen LogP contribution is 2.56. The van der Waals surface area contributed by atoms with Crippen LogP contribution in [0.1, 0.15) is 57.3 Å². The van der Waals surface area contributed by atoms with Gasteiger partial charge in [0, 0.05) is 47.3 Å². The maximum Gasteiger partial charge on any atom is 0.249 e. The average molecular weight is 378 g/mol. The largest absolute Gasteiger partial charge is 0.338 e. The van der Waals surface area contributed by atoms with Crippen LogP contribution in [-0.4, -0.2) is 33.7 Å². The minimum Gasteiger partial charge on any atom is -0.338 e. The van der Waals surface area contributed by atoms with Gasteiger partial charge in [-0.25, -0.2) is 4.68 Å². The molecule has 28 heavy (non-hydrogen) atoms. The van der Waals surface area contributed by atoms with Crippen molar-refractivity contribution in [2.45, 2.75) is 52.9 Å². The van der Waals surface area contributed by atoms with Crippen molar-refractivity contribution >= 4 is 11.6 Å². The third kappa shape index (κ3) is 3.30. The van der Waals surface area contributed by atoms with Crippen molar-refractivity contribution in [2.24, 2.45) is 11.3 Å². The van der Waals surface area contributed by atoms with Crippen LogP contribution in [0.25, 0.3) is 5.70 Å². The van der Waals surface area contributed by atoms with Crippen LogP contribution in [0.15, 0.2) is 48.1 Å². The molecule has 0 bridgehead atoms. The van der Waals surface area contributed by atoms with Gasteiger partial charge in [0.15, 0.2) is 0 Å². The van der Waals surface area contributed by atoms with E-state index in [0.29, 0.717) is 17.3 Å². The number of amides is 1. The van der Waals surface area contributed by atoms with E-state index in [9.17, 15) is 4.79 Å². The molecule has 0 aromatic carbocycles. The third-order valence-electron chi connectivity index (χ3n) is 6.49. The molecule has 1 spiro atoms. The zero-order valence-corrected chi connectivity index (χ0v) is 17.5. The molecule has 2 heterocycles. The number of carbonyl (C=O) groups is 1. The Labute approximate surface area is 168 Å². The molecular formula is C24H31N3O. The second kappa shape index (κ2) is 7.23. The summed E-state index contributed by atoms with van der Waals surface area (Å²) >= 11 is 0. The van der Waals surface area contributed by atoms with Gasteiger partial charge in [0.25, 0.3) is 0 Å². The maximum absolute atomic E-state index is 12.5. The zero-order valence-electron chi connectivity index (χ0n) is 17.5. The van der Waals surface area contributed by atoms with Gasteiger partial charge in [-0.3, -0.25) is 4.79 Å². The van der Waals surface area contributed by atoms with Crippen molar-refractivity contribution in [1.29, 1.82) is 0 Å². The molecule has 2 fully saturated rings. The molecule has 1 atom stereocenters. The topological polar surface area (TPSA) is 38.1 Å². The lowest BCUT2D eigenvalue weighted by atomic mass is 9.56. The summed E-state index contributed by atoms with van der Waals surface area (Å²) in [5.74, 6) is 1.24. The standard InChI is InChI=1S/C24H31N3O/c1-5-6-9-18(3)23(28)26-15-24(16-26)13-20(14-24)22-12-19(4)25-27(22)21-11-8-7-10-17(21)2/h5-9,11-12,17,20H,10,13-16H2,1-4H3/b6-5-,18-9+. The van der Waals surface area contributed by atoms with Crippen molar-refractivity contribution in [3.63, 3.8) is 0 Å². The van der Waals surface area contributed by atoms with Crippen LogP contribution in [0.5, 0.6) is 0 Å². The summed E-state index contributed by atoms with van der Waals surface area (Å²) in [5.41, 5.74) is 4.90. The van der Waals surface area contributed by atoms with Crippen LogP contribution >= 0.6 is 0 Å². The minimum atomic E-state index is 0.182. The van der Waals surface area contributed by atoms with Gasteiger partial charge in [0.1, 0.15) is 0 Å². The number of aromatic nitrogens is 2. The molecule has 4 rings (SSSR count). The van der Waals surface area contributed by atoms with Crippen LogP contribution in [0.3, 0.4) is 0 Å². The number of allylic oxidation sites excluding steroid dienone is 7. The van der Waals surface area contributed by atoms with Gasteiger partial charge in [-0.2, -0.15) is 5.10 Å². The molecule has 1 aliphatic heterocycles. The summed E-state index contributed by atoms with van der Waals surface area (Å²) < 4.78 is 2.20. The second-order valence-corrected chi connectivity index (χ2v) is 8.92. The molecule has 2 aliphatic carbocycles. The van der Waals surface area contributed by atoms with Gasteiger partial charge in [-0.1, -0.05) is 37.3 Å². The van der Waals surface area contributed by atoms with E-state index in [4.69, 9.17) is 5.10 Å². The van der Waals surface area contributed by atoms with Gasteiger partial charge in [0.05, 0.1) is 5.69 Å². The molecule has 1 aromatic rings. The van der Waals surface area contributed by atoms with E-state index in [0.717, 1.165) is 43.6 Å². The van der Waals surface area contributed by atoms with Gasteiger partial charge >= 0.3 is 0 Å². The Morgan fingerprint density at radius 2 is 2.07 bits per heavy atom. The van der Waals surface area contributed by atoms with E-state index in [-0.39, 0.29) is 5.91 Å². The Balaban J connectivity index is 1.42. The SMILES string of the molecule is C/C=C\C=C(/C)C(=O)N1CC2(CC(c3cc(C)nn3C3=CC=CCC3C)C2)C1. The predicted octanol–water partition coefficient (Wildman–Crippen LogP) is 4.86. The smallest absolute Gasteiger partial charge is 0.249 e. The number of likely N-dealkylation sites (tertiary alicyclic amines) is 1. The Morgan fingerprint density at radius 1 is 1.32 bits per heavy atom. The molecule has 1 saturated heterocycles. The summed E-state index contributed by atoms with van der Waals surface area (Å²) in [6.07, 6.45) is 15.8. The minimum absolute atomic E-state index is 0.182. The molecule has 0 N–H and O–H groups in total. The number of hydrogen-bond acceptors (Lipinski definition) is 2. The highest BCUT2D eigenvalue weighted by atomic mass is 16.2. The van der Waals surface area contributed by atoms with E-state index in [1.165, 1.54) is 11.4 Å². The molecule has 0 radical (unpaired) electrons. The molecule has 148 valence electrons. The van der Waals surface area contributed by atoms with Gasteiger partial charge in [-0.15, -0.1) is 0 Å². The van der Waals surface area contributed by atoms with Crippen molar-refractivity contribution in [3.8, 4) is 0 Å². The van der Waals surface area contributed by atoms with Gasteiger partial charge in [-0.05, 0) is 52.2 Å². The van der Waals surface area contributed by atoms with E-state index in [1.54, 1.807) is 0 Å². The molecule has 1 aromatic heterocycles. The molecule has 4 heteroatoms. The summed E-state index contributed by atoms with van der Waals surface area (Å²) in [6.45, 7) is 10.0. The normalized spacial score (nSPS) is 24.4. The van der Waals surface area contributed by atoms with E-state index < -0.39 is 0 Å². The van der Waals surface area contributed by atoms with Gasteiger partial charge < -0.3 is 4.90 Å². The Morgan fingerprint density at radius 3 is 2.75 bits per heavy atom. The van der Waals surface area contributed by atoms with E-state index in [2.05, 4.69) is 42.8 Å². The first-order valence-electron chi connectivity index (χ1n) is 10.4. The lowest BCUT2D eigenvalue weighted by Gasteiger charge is -2.59. The second-order valence-electron chi connectivity index (χ2n) is 8.92. The van der Waals surface area contributed by atoms with E-state index >= 15 is 0 Å². The zero-order chi connectivity index (χ0) is 19.9. The fourth-order valence-electron chi connectivity index (χ4n) is 4.95. The summed E-state index contributed by atoms with van der Waals surface area (Å²) in [7, 11) is 0. The molecular weight excluding hydrogens is 346 g/mol. The van der Waals surface area contributed by atoms with E-state index in [1.807, 2.05) is 37.0 Å². The number of carbonyl (C=O) groups excluding carboxylic acids is 1. The van der Waals surface area contributed by atoms with Crippen LogP contribution in [0, 0.1) is 18.3 Å². The first kappa shape index (κ1) is 19.0. The quantitative estimate of drug-likeness (QED) is 0.555. The molecule has 1 unspecified atom stereocenters. The Bertz CT molecular complexity index is 885. The molecule has 3 aliphatic rings. The third-order valence-corrected chi connectivity index (χ3v) is 6.49. The van der Waals surface area contributed by atoms with Crippen molar-refractivity contribution in [1.82, 2.24) is 14.7 Å². The highest BCUT2D eigenvalue weighted by molar-refractivity contribution is 5.93. The lowest BCUT2D eigenvalue weighted by molar-refractivity contribution is -0.147. The monoisotopic (exact) mass is 377 g/mol. The fraction of sp³-hybridized carbons (Fsp3) is 0.500. The summed E-state index contributed by atoms with van der Waals surface area (Å²) in [5, 5.41) is 4.81. The van der Waals surface area contributed by atoms with Crippen molar-refractivity contribution in [3.05, 3.63) is 59.5 Å². The first-order chi connectivity index (χ1) is 13.4. The van der Waals surface area contributed by atoms with Crippen molar-refractivity contribution in [2.75, 3.05) is 13.1 Å². The molecule has 1 amide bonds. The summed E-state index contributed by atoms with van der Waals surface area (Å²) in [4.78, 5) is 14.5. The van der Waals surface area contributed by atoms with Gasteiger partial charge in [0.2, 0.25) is 5.91 Å². The number of rotatable bonds is 4. The molecule has 4 nitrogen and oxygen atoms in total. The van der Waals surface area contributed by atoms with Crippen LogP contribution in [-0.2, 0) is 4.79 Å². The predicted molar refractivity (Wildman–Crippen MR) is 114 cm³/mol. The van der Waals surface area contributed by atoms with Crippen molar-refractivity contribution < 1.29 is 4.79 Å². The number of hydrogen-bond donors (Lipinski definition) is 0. The Kier molecular flexibility index (Phi) is 4.90. The number of aryl methyl sites for hydroxylation is 1.